The summed E-state index contributed by atoms with van der Waals surface area (Å²) >= 11 is 0. The number of rotatable bonds is 5. The Morgan fingerprint density at radius 1 is 1.33 bits per heavy atom. The van der Waals surface area contributed by atoms with E-state index in [0.717, 1.165) is 25.9 Å². The fraction of sp³-hybridized carbons (Fsp3) is 0.545. The first-order chi connectivity index (χ1) is 7.33. The summed E-state index contributed by atoms with van der Waals surface area (Å²) in [4.78, 5) is 2.12. The van der Waals surface area contributed by atoms with Crippen LogP contribution in [0, 0.1) is 11.3 Å². The van der Waals surface area contributed by atoms with Crippen molar-refractivity contribution < 1.29 is 0 Å². The summed E-state index contributed by atoms with van der Waals surface area (Å²) in [5.74, 6) is 0.712. The predicted molar refractivity (Wildman–Crippen MR) is 59.5 cm³/mol. The molecule has 0 aliphatic carbocycles. The van der Waals surface area contributed by atoms with E-state index in [9.17, 15) is 0 Å². The molecule has 0 bridgehead atoms. The van der Waals surface area contributed by atoms with Crippen molar-refractivity contribution in [3.8, 4) is 6.07 Å². The molecule has 0 spiro atoms. The highest BCUT2D eigenvalue weighted by atomic mass is 15.3. The van der Waals surface area contributed by atoms with Crippen molar-refractivity contribution in [3.63, 3.8) is 0 Å². The van der Waals surface area contributed by atoms with Crippen molar-refractivity contribution in [3.05, 3.63) is 17.8 Å². The average molecular weight is 204 g/mol. The first-order valence-electron chi connectivity index (χ1n) is 5.30. The Hall–Kier alpha value is -1.63. The van der Waals surface area contributed by atoms with E-state index in [-0.39, 0.29) is 0 Å². The fourth-order valence-corrected chi connectivity index (χ4v) is 1.51. The van der Waals surface area contributed by atoms with Gasteiger partial charge in [-0.1, -0.05) is 13.8 Å². The van der Waals surface area contributed by atoms with E-state index < -0.39 is 0 Å². The third-order valence-corrected chi connectivity index (χ3v) is 2.11. The van der Waals surface area contributed by atoms with Crippen molar-refractivity contribution in [2.24, 2.45) is 0 Å². The van der Waals surface area contributed by atoms with Gasteiger partial charge in [0.1, 0.15) is 6.07 Å². The van der Waals surface area contributed by atoms with E-state index in [1.807, 2.05) is 0 Å². The maximum Gasteiger partial charge on any atom is 0.169 e. The Morgan fingerprint density at radius 2 is 2.00 bits per heavy atom. The number of hydrogen-bond acceptors (Lipinski definition) is 4. The van der Waals surface area contributed by atoms with Crippen molar-refractivity contribution in [1.82, 2.24) is 10.2 Å². The summed E-state index contributed by atoms with van der Waals surface area (Å²) in [6, 6.07) is 3.86. The lowest BCUT2D eigenvalue weighted by atomic mass is 10.2. The monoisotopic (exact) mass is 204 g/mol. The van der Waals surface area contributed by atoms with E-state index in [0.29, 0.717) is 11.4 Å². The molecular weight excluding hydrogens is 188 g/mol. The van der Waals surface area contributed by atoms with Crippen molar-refractivity contribution >= 4 is 5.82 Å². The van der Waals surface area contributed by atoms with Crippen LogP contribution in [0.5, 0.6) is 0 Å². The summed E-state index contributed by atoms with van der Waals surface area (Å²) in [5.41, 5.74) is 0.604. The molecule has 80 valence electrons. The maximum atomic E-state index is 8.96. The quantitative estimate of drug-likeness (QED) is 0.735. The van der Waals surface area contributed by atoms with E-state index in [2.05, 4.69) is 35.0 Å². The topological polar surface area (TPSA) is 52.8 Å². The molecule has 4 nitrogen and oxygen atoms in total. The molecule has 0 saturated heterocycles. The Kier molecular flexibility index (Phi) is 4.55. The molecule has 15 heavy (non-hydrogen) atoms. The molecule has 1 aromatic heterocycles. The van der Waals surface area contributed by atoms with Crippen LogP contribution in [0.2, 0.25) is 0 Å². The van der Waals surface area contributed by atoms with Gasteiger partial charge in [0.15, 0.2) is 5.82 Å². The first-order valence-corrected chi connectivity index (χ1v) is 5.30. The Labute approximate surface area is 90.5 Å². The molecular formula is C11H16N4. The third kappa shape index (κ3) is 2.91. The minimum atomic E-state index is 0.604. The lowest BCUT2D eigenvalue weighted by molar-refractivity contribution is 0.724. The van der Waals surface area contributed by atoms with Crippen LogP contribution >= 0.6 is 0 Å². The molecule has 0 unspecified atom stereocenters. The SMILES string of the molecule is CCCN(CCC)c1nnccc1C#N. The molecule has 0 atom stereocenters. The highest BCUT2D eigenvalue weighted by molar-refractivity contribution is 5.52. The van der Waals surface area contributed by atoms with Crippen molar-refractivity contribution in [2.45, 2.75) is 26.7 Å². The molecule has 1 aromatic rings. The second kappa shape index (κ2) is 5.97. The average Bonchev–Trinajstić information content (AvgIpc) is 2.29. The largest absolute Gasteiger partial charge is 0.354 e. The third-order valence-electron chi connectivity index (χ3n) is 2.11. The van der Waals surface area contributed by atoms with Gasteiger partial charge in [-0.25, -0.2) is 0 Å². The van der Waals surface area contributed by atoms with E-state index in [1.54, 1.807) is 12.3 Å². The van der Waals surface area contributed by atoms with Crippen LogP contribution in [0.15, 0.2) is 12.3 Å². The van der Waals surface area contributed by atoms with Crippen molar-refractivity contribution in [2.75, 3.05) is 18.0 Å². The van der Waals surface area contributed by atoms with Crippen LogP contribution in [0.25, 0.3) is 0 Å². The minimum absolute atomic E-state index is 0.604. The van der Waals surface area contributed by atoms with Gasteiger partial charge in [-0.05, 0) is 18.9 Å². The number of nitriles is 1. The first kappa shape index (κ1) is 11.4. The predicted octanol–water partition coefficient (Wildman–Crippen LogP) is 1.97. The number of nitrogens with zero attached hydrogens (tertiary/aromatic N) is 4. The number of hydrogen-bond donors (Lipinski definition) is 0. The van der Waals surface area contributed by atoms with Crippen LogP contribution in [0.1, 0.15) is 32.3 Å². The summed E-state index contributed by atoms with van der Waals surface area (Å²) in [6.45, 7) is 6.07. The molecule has 0 radical (unpaired) electrons. The van der Waals surface area contributed by atoms with Gasteiger partial charge >= 0.3 is 0 Å². The van der Waals surface area contributed by atoms with Crippen LogP contribution in [0.3, 0.4) is 0 Å². The van der Waals surface area contributed by atoms with Gasteiger partial charge in [-0.15, -0.1) is 5.10 Å². The lowest BCUT2D eigenvalue weighted by Crippen LogP contribution is -2.27. The maximum absolute atomic E-state index is 8.96. The van der Waals surface area contributed by atoms with Crippen LogP contribution in [-0.4, -0.2) is 23.3 Å². The van der Waals surface area contributed by atoms with Gasteiger partial charge in [-0.2, -0.15) is 10.4 Å². The lowest BCUT2D eigenvalue weighted by Gasteiger charge is -2.22. The zero-order valence-electron chi connectivity index (χ0n) is 9.27. The molecule has 0 aliphatic rings. The van der Waals surface area contributed by atoms with Crippen LogP contribution < -0.4 is 4.90 Å². The Morgan fingerprint density at radius 3 is 2.53 bits per heavy atom. The zero-order chi connectivity index (χ0) is 11.1. The molecule has 0 amide bonds. The van der Waals surface area contributed by atoms with E-state index in [1.165, 1.54) is 0 Å². The smallest absolute Gasteiger partial charge is 0.169 e. The second-order valence-electron chi connectivity index (χ2n) is 3.37. The highest BCUT2D eigenvalue weighted by Gasteiger charge is 2.11. The summed E-state index contributed by atoms with van der Waals surface area (Å²) in [6.07, 6.45) is 3.64. The summed E-state index contributed by atoms with van der Waals surface area (Å²) in [5, 5.41) is 16.8. The molecule has 0 aromatic carbocycles. The Balaban J connectivity index is 2.94. The summed E-state index contributed by atoms with van der Waals surface area (Å²) in [7, 11) is 0. The Bertz CT molecular complexity index is 337. The standard InChI is InChI=1S/C11H16N4/c1-3-7-15(8-4-2)11-10(9-12)5-6-13-14-11/h5-6H,3-4,7-8H2,1-2H3. The zero-order valence-corrected chi connectivity index (χ0v) is 9.27. The van der Waals surface area contributed by atoms with Gasteiger partial charge in [0.25, 0.3) is 0 Å². The molecule has 1 heterocycles. The van der Waals surface area contributed by atoms with Gasteiger partial charge in [-0.3, -0.25) is 0 Å². The van der Waals surface area contributed by atoms with E-state index in [4.69, 9.17) is 5.26 Å². The van der Waals surface area contributed by atoms with Gasteiger partial charge < -0.3 is 4.90 Å². The van der Waals surface area contributed by atoms with Crippen LogP contribution in [0.4, 0.5) is 5.82 Å². The summed E-state index contributed by atoms with van der Waals surface area (Å²) < 4.78 is 0. The molecule has 4 heteroatoms. The molecule has 0 N–H and O–H groups in total. The number of aromatic nitrogens is 2. The highest BCUT2D eigenvalue weighted by Crippen LogP contribution is 2.15. The normalized spacial score (nSPS) is 9.67. The number of anilines is 1. The molecule has 0 aliphatic heterocycles. The van der Waals surface area contributed by atoms with Crippen LogP contribution in [-0.2, 0) is 0 Å². The van der Waals surface area contributed by atoms with Crippen molar-refractivity contribution in [1.29, 1.82) is 5.26 Å². The fourth-order valence-electron chi connectivity index (χ4n) is 1.51. The molecule has 1 rings (SSSR count). The van der Waals surface area contributed by atoms with E-state index >= 15 is 0 Å². The minimum Gasteiger partial charge on any atom is -0.354 e. The second-order valence-corrected chi connectivity index (χ2v) is 3.37. The molecule has 0 fully saturated rings. The van der Waals surface area contributed by atoms with Gasteiger partial charge in [0.05, 0.1) is 11.8 Å². The van der Waals surface area contributed by atoms with Gasteiger partial charge in [0.2, 0.25) is 0 Å². The molecule has 0 saturated carbocycles. The van der Waals surface area contributed by atoms with Gasteiger partial charge in [0, 0.05) is 13.1 Å².